The van der Waals surface area contributed by atoms with Gasteiger partial charge in [-0.3, -0.25) is 0 Å². The van der Waals surface area contributed by atoms with Gasteiger partial charge in [0.05, 0.1) is 18.5 Å². The second kappa shape index (κ2) is 10.1. The van der Waals surface area contributed by atoms with Crippen molar-refractivity contribution in [2.24, 2.45) is 0 Å². The fourth-order valence-corrected chi connectivity index (χ4v) is 3.90. The number of hydrogen-bond acceptors (Lipinski definition) is 5. The molecular formula is C24H24F3N5O3. The number of carbonyl (C=O) groups excluding carboxylic acids is 2. The van der Waals surface area contributed by atoms with Gasteiger partial charge in [-0.2, -0.15) is 18.3 Å². The number of carbonyl (C=O) groups is 2. The van der Waals surface area contributed by atoms with E-state index in [1.165, 1.54) is 31.2 Å². The number of esters is 1. The number of alkyl halides is 3. The summed E-state index contributed by atoms with van der Waals surface area (Å²) in [5.41, 5.74) is -0.395. The van der Waals surface area contributed by atoms with Gasteiger partial charge in [-0.15, -0.1) is 0 Å². The molecule has 2 N–H and O–H groups in total. The van der Waals surface area contributed by atoms with E-state index >= 15 is 0 Å². The zero-order valence-corrected chi connectivity index (χ0v) is 18.9. The first-order valence-corrected chi connectivity index (χ1v) is 11.1. The van der Waals surface area contributed by atoms with E-state index in [-0.39, 0.29) is 24.4 Å². The van der Waals surface area contributed by atoms with E-state index in [1.807, 2.05) is 30.3 Å². The van der Waals surface area contributed by atoms with Crippen LogP contribution in [0.15, 0.2) is 60.8 Å². The fraction of sp³-hybridized carbons (Fsp3) is 0.292. The van der Waals surface area contributed by atoms with Gasteiger partial charge in [0, 0.05) is 30.5 Å². The van der Waals surface area contributed by atoms with Gasteiger partial charge in [-0.1, -0.05) is 18.2 Å². The molecule has 3 aromatic rings. The van der Waals surface area contributed by atoms with Gasteiger partial charge >= 0.3 is 18.2 Å². The van der Waals surface area contributed by atoms with E-state index in [2.05, 4.69) is 15.7 Å². The topological polar surface area (TPSA) is 88.5 Å². The molecule has 2 aromatic carbocycles. The Morgan fingerprint density at radius 1 is 1.09 bits per heavy atom. The summed E-state index contributed by atoms with van der Waals surface area (Å²) in [7, 11) is 0. The molecule has 0 saturated carbocycles. The lowest BCUT2D eigenvalue weighted by molar-refractivity contribution is -0.143. The molecular weight excluding hydrogens is 463 g/mol. The van der Waals surface area contributed by atoms with Crippen LogP contribution in [0.3, 0.4) is 0 Å². The van der Waals surface area contributed by atoms with Crippen LogP contribution < -0.4 is 10.6 Å². The Balaban J connectivity index is 1.42. The van der Waals surface area contributed by atoms with Gasteiger partial charge in [0.2, 0.25) is 0 Å². The zero-order chi connectivity index (χ0) is 25.0. The first-order chi connectivity index (χ1) is 16.8. The summed E-state index contributed by atoms with van der Waals surface area (Å²) in [5, 5.41) is 9.91. The second-order valence-corrected chi connectivity index (χ2v) is 7.96. The molecule has 2 amide bonds. The van der Waals surface area contributed by atoms with Crippen molar-refractivity contribution in [2.45, 2.75) is 25.6 Å². The fourth-order valence-electron chi connectivity index (χ4n) is 3.90. The molecule has 11 heteroatoms. The highest BCUT2D eigenvalue weighted by atomic mass is 19.4. The van der Waals surface area contributed by atoms with Crippen LogP contribution in [-0.2, 0) is 10.9 Å². The first-order valence-electron chi connectivity index (χ1n) is 11.1. The van der Waals surface area contributed by atoms with E-state index < -0.39 is 23.4 Å². The molecule has 35 heavy (non-hydrogen) atoms. The molecule has 0 bridgehead atoms. The average Bonchev–Trinajstić information content (AvgIpc) is 3.48. The molecule has 1 saturated heterocycles. The van der Waals surface area contributed by atoms with Crippen molar-refractivity contribution in [1.29, 1.82) is 0 Å². The number of nitrogens with one attached hydrogen (secondary N) is 2. The van der Waals surface area contributed by atoms with Crippen molar-refractivity contribution in [3.63, 3.8) is 0 Å². The Morgan fingerprint density at radius 2 is 1.80 bits per heavy atom. The van der Waals surface area contributed by atoms with Gasteiger partial charge < -0.3 is 20.3 Å². The van der Waals surface area contributed by atoms with Gasteiger partial charge in [0.15, 0.2) is 5.69 Å². The summed E-state index contributed by atoms with van der Waals surface area (Å²) in [6.07, 6.45) is -3.20. The van der Waals surface area contributed by atoms with E-state index in [4.69, 9.17) is 4.74 Å². The van der Waals surface area contributed by atoms with Crippen molar-refractivity contribution in [1.82, 2.24) is 14.7 Å². The van der Waals surface area contributed by atoms with Crippen LogP contribution in [0.4, 0.5) is 29.3 Å². The van der Waals surface area contributed by atoms with Crippen LogP contribution in [0.5, 0.6) is 0 Å². The number of urea groups is 1. The molecule has 1 aliphatic heterocycles. The number of aromatic nitrogens is 2. The molecule has 1 atom stereocenters. The van der Waals surface area contributed by atoms with Crippen molar-refractivity contribution in [3.8, 4) is 5.69 Å². The van der Waals surface area contributed by atoms with Crippen molar-refractivity contribution in [2.75, 3.05) is 30.3 Å². The molecule has 2 heterocycles. The molecule has 4 rings (SSSR count). The third-order valence-electron chi connectivity index (χ3n) is 5.52. The molecule has 0 spiro atoms. The lowest BCUT2D eigenvalue weighted by atomic mass is 10.2. The Kier molecular flexibility index (Phi) is 6.94. The summed E-state index contributed by atoms with van der Waals surface area (Å²) in [5.74, 6) is -1.10. The van der Waals surface area contributed by atoms with Crippen molar-refractivity contribution >= 4 is 23.4 Å². The summed E-state index contributed by atoms with van der Waals surface area (Å²) < 4.78 is 46.4. The summed E-state index contributed by atoms with van der Waals surface area (Å²) in [4.78, 5) is 26.3. The maximum atomic E-state index is 13.7. The quantitative estimate of drug-likeness (QED) is 0.489. The predicted octanol–water partition coefficient (Wildman–Crippen LogP) is 4.79. The average molecular weight is 487 g/mol. The summed E-state index contributed by atoms with van der Waals surface area (Å²) >= 11 is 0. The Labute approximate surface area is 199 Å². The first kappa shape index (κ1) is 24.1. The number of likely N-dealkylation sites (tertiary alicyclic amines) is 1. The zero-order valence-electron chi connectivity index (χ0n) is 18.9. The van der Waals surface area contributed by atoms with E-state index in [1.54, 1.807) is 4.90 Å². The van der Waals surface area contributed by atoms with Crippen molar-refractivity contribution in [3.05, 3.63) is 72.1 Å². The third-order valence-corrected chi connectivity index (χ3v) is 5.52. The lowest BCUT2D eigenvalue weighted by Crippen LogP contribution is -2.34. The Morgan fingerprint density at radius 3 is 2.46 bits per heavy atom. The number of nitrogens with zero attached hydrogens (tertiary/aromatic N) is 3. The van der Waals surface area contributed by atoms with Crippen LogP contribution in [0, 0.1) is 0 Å². The highest BCUT2D eigenvalue weighted by molar-refractivity contribution is 5.91. The smallest absolute Gasteiger partial charge is 0.434 e. The predicted molar refractivity (Wildman–Crippen MR) is 124 cm³/mol. The highest BCUT2D eigenvalue weighted by Gasteiger charge is 2.41. The minimum Gasteiger partial charge on any atom is -0.462 e. The van der Waals surface area contributed by atoms with E-state index in [0.29, 0.717) is 23.5 Å². The molecule has 8 nitrogen and oxygen atoms in total. The van der Waals surface area contributed by atoms with Crippen LogP contribution >= 0.6 is 0 Å². The number of anilines is 2. The molecule has 0 aliphatic carbocycles. The molecule has 0 radical (unpaired) electrons. The number of benzene rings is 2. The van der Waals surface area contributed by atoms with E-state index in [9.17, 15) is 22.8 Å². The van der Waals surface area contributed by atoms with Gasteiger partial charge in [0.1, 0.15) is 5.56 Å². The van der Waals surface area contributed by atoms with Crippen molar-refractivity contribution < 1.29 is 27.5 Å². The number of halogens is 3. The maximum absolute atomic E-state index is 13.7. The Hall–Kier alpha value is -4.02. The molecule has 1 aliphatic rings. The highest BCUT2D eigenvalue weighted by Crippen LogP contribution is 2.34. The van der Waals surface area contributed by atoms with E-state index in [0.717, 1.165) is 18.3 Å². The van der Waals surface area contributed by atoms with Crippen LogP contribution in [0.2, 0.25) is 0 Å². The summed E-state index contributed by atoms with van der Waals surface area (Å²) in [6.45, 7) is 2.55. The van der Waals surface area contributed by atoms with Gasteiger partial charge in [-0.05, 0) is 49.7 Å². The molecule has 1 unspecified atom stereocenters. The van der Waals surface area contributed by atoms with Crippen LogP contribution in [0.1, 0.15) is 29.4 Å². The van der Waals surface area contributed by atoms with Gasteiger partial charge in [-0.25, -0.2) is 14.3 Å². The monoisotopic (exact) mass is 487 g/mol. The molecule has 1 aromatic heterocycles. The second-order valence-electron chi connectivity index (χ2n) is 7.96. The van der Waals surface area contributed by atoms with Crippen LogP contribution in [0.25, 0.3) is 5.69 Å². The minimum absolute atomic E-state index is 0.0597. The lowest BCUT2D eigenvalue weighted by Gasteiger charge is -2.18. The Bertz CT molecular complexity index is 1180. The number of para-hydroxylation sites is 1. The minimum atomic E-state index is -4.83. The molecule has 1 fully saturated rings. The normalized spacial score (nSPS) is 15.7. The number of ether oxygens (including phenoxy) is 1. The number of amides is 2. The SMILES string of the molecule is CCOC(=O)c1cnn(-c2ccc(NC(=O)N3CCC(Nc4ccccc4)C3)cc2)c1C(F)(F)F. The third kappa shape index (κ3) is 5.56. The number of rotatable bonds is 6. The standard InChI is InChI=1S/C24H24F3N5O3/c1-2-35-22(33)20-14-28-32(21(20)24(25,26)27)19-10-8-17(9-11-19)30-23(34)31-13-12-18(15-31)29-16-6-4-3-5-7-16/h3-11,14,18,29H,2,12-13,15H2,1H3,(H,30,34). The van der Waals surface area contributed by atoms with Crippen LogP contribution in [-0.4, -0.2) is 52.4 Å². The maximum Gasteiger partial charge on any atom is 0.434 e. The summed E-state index contributed by atoms with van der Waals surface area (Å²) in [6, 6.07) is 15.3. The number of hydrogen-bond donors (Lipinski definition) is 2. The molecule has 184 valence electrons. The largest absolute Gasteiger partial charge is 0.462 e. The van der Waals surface area contributed by atoms with Gasteiger partial charge in [0.25, 0.3) is 0 Å².